The van der Waals surface area contributed by atoms with E-state index in [-0.39, 0.29) is 5.75 Å². The van der Waals surface area contributed by atoms with Crippen LogP contribution in [0.3, 0.4) is 0 Å². The van der Waals surface area contributed by atoms with Crippen LogP contribution >= 0.6 is 0 Å². The van der Waals surface area contributed by atoms with Gasteiger partial charge in [0.2, 0.25) is 5.88 Å². The zero-order chi connectivity index (χ0) is 14.6. The molecule has 0 unspecified atom stereocenters. The normalized spacial score (nSPS) is 11.0. The van der Waals surface area contributed by atoms with Crippen molar-refractivity contribution in [1.82, 2.24) is 4.98 Å². The van der Waals surface area contributed by atoms with E-state index in [4.69, 9.17) is 4.74 Å². The van der Waals surface area contributed by atoms with E-state index in [1.54, 1.807) is 25.2 Å². The highest BCUT2D eigenvalue weighted by molar-refractivity contribution is 5.38. The SMILES string of the molecule is CNc1cccc(Oc2ccc(OC(F)(F)F)cc2)n1. The number of pyridine rings is 1. The summed E-state index contributed by atoms with van der Waals surface area (Å²) in [5, 5.41) is 2.85. The fraction of sp³-hybridized carbons (Fsp3) is 0.154. The molecule has 0 saturated heterocycles. The Morgan fingerprint density at radius 1 is 1.00 bits per heavy atom. The summed E-state index contributed by atoms with van der Waals surface area (Å²) in [6.45, 7) is 0. The lowest BCUT2D eigenvalue weighted by Gasteiger charge is -2.10. The van der Waals surface area contributed by atoms with Crippen molar-refractivity contribution in [2.45, 2.75) is 6.36 Å². The van der Waals surface area contributed by atoms with Crippen LogP contribution in [0.15, 0.2) is 42.5 Å². The first kappa shape index (κ1) is 14.0. The predicted octanol–water partition coefficient (Wildman–Crippen LogP) is 3.81. The largest absolute Gasteiger partial charge is 0.573 e. The van der Waals surface area contributed by atoms with Gasteiger partial charge >= 0.3 is 6.36 Å². The van der Waals surface area contributed by atoms with E-state index >= 15 is 0 Å². The Bertz CT molecular complexity index is 571. The van der Waals surface area contributed by atoms with Crippen LogP contribution in [0.5, 0.6) is 17.4 Å². The van der Waals surface area contributed by atoms with Gasteiger partial charge in [-0.1, -0.05) is 6.07 Å². The highest BCUT2D eigenvalue weighted by Gasteiger charge is 2.30. The molecule has 106 valence electrons. The van der Waals surface area contributed by atoms with Crippen LogP contribution in [0, 0.1) is 0 Å². The molecule has 20 heavy (non-hydrogen) atoms. The molecule has 0 spiro atoms. The van der Waals surface area contributed by atoms with Crippen molar-refractivity contribution in [3.8, 4) is 17.4 Å². The molecule has 0 aliphatic heterocycles. The first-order chi connectivity index (χ1) is 9.46. The van der Waals surface area contributed by atoms with E-state index < -0.39 is 6.36 Å². The molecule has 4 nitrogen and oxygen atoms in total. The van der Waals surface area contributed by atoms with Crippen LogP contribution in [0.25, 0.3) is 0 Å². The Labute approximate surface area is 113 Å². The molecule has 0 fully saturated rings. The highest BCUT2D eigenvalue weighted by Crippen LogP contribution is 2.26. The molecule has 2 rings (SSSR count). The van der Waals surface area contributed by atoms with Gasteiger partial charge in [-0.2, -0.15) is 4.98 Å². The average molecular weight is 284 g/mol. The molecule has 0 radical (unpaired) electrons. The standard InChI is InChI=1S/C13H11F3N2O2/c1-17-11-3-2-4-12(18-11)19-9-5-7-10(8-6-9)20-13(14,15)16/h2-8H,1H3,(H,17,18). The molecule has 0 aliphatic carbocycles. The van der Waals surface area contributed by atoms with Crippen LogP contribution in [0.4, 0.5) is 19.0 Å². The van der Waals surface area contributed by atoms with Gasteiger partial charge in [-0.25, -0.2) is 0 Å². The van der Waals surface area contributed by atoms with Crippen molar-refractivity contribution >= 4 is 5.82 Å². The van der Waals surface area contributed by atoms with Gasteiger partial charge in [0.05, 0.1) is 0 Å². The third-order valence-electron chi connectivity index (χ3n) is 2.26. The summed E-state index contributed by atoms with van der Waals surface area (Å²) in [6.07, 6.45) is -4.70. The highest BCUT2D eigenvalue weighted by atomic mass is 19.4. The number of rotatable bonds is 4. The summed E-state index contributed by atoms with van der Waals surface area (Å²) >= 11 is 0. The molecule has 0 aliphatic rings. The van der Waals surface area contributed by atoms with Gasteiger partial charge in [-0.3, -0.25) is 0 Å². The fourth-order valence-corrected chi connectivity index (χ4v) is 1.44. The minimum Gasteiger partial charge on any atom is -0.439 e. The zero-order valence-corrected chi connectivity index (χ0v) is 10.4. The van der Waals surface area contributed by atoms with Crippen molar-refractivity contribution < 1.29 is 22.6 Å². The Morgan fingerprint density at radius 2 is 1.65 bits per heavy atom. The molecule has 0 bridgehead atoms. The summed E-state index contributed by atoms with van der Waals surface area (Å²) < 4.78 is 45.2. The molecule has 0 atom stereocenters. The van der Waals surface area contributed by atoms with Gasteiger partial charge in [-0.15, -0.1) is 13.2 Å². The third-order valence-corrected chi connectivity index (χ3v) is 2.26. The molecular formula is C13H11F3N2O2. The average Bonchev–Trinajstić information content (AvgIpc) is 2.40. The monoisotopic (exact) mass is 284 g/mol. The maximum Gasteiger partial charge on any atom is 0.573 e. The smallest absolute Gasteiger partial charge is 0.439 e. The van der Waals surface area contributed by atoms with E-state index in [2.05, 4.69) is 15.0 Å². The Hall–Kier alpha value is -2.44. The van der Waals surface area contributed by atoms with Crippen molar-refractivity contribution in [3.63, 3.8) is 0 Å². The molecule has 1 heterocycles. The number of aromatic nitrogens is 1. The number of benzene rings is 1. The topological polar surface area (TPSA) is 43.4 Å². The molecule has 1 aromatic carbocycles. The third kappa shape index (κ3) is 4.04. The predicted molar refractivity (Wildman–Crippen MR) is 67.0 cm³/mol. The molecule has 0 amide bonds. The summed E-state index contributed by atoms with van der Waals surface area (Å²) in [4.78, 5) is 4.12. The van der Waals surface area contributed by atoms with Gasteiger partial charge in [0.1, 0.15) is 17.3 Å². The second-order valence-corrected chi connectivity index (χ2v) is 3.73. The van der Waals surface area contributed by atoms with Gasteiger partial charge in [-0.05, 0) is 30.3 Å². The Morgan fingerprint density at radius 3 is 2.25 bits per heavy atom. The maximum absolute atomic E-state index is 12.0. The number of hydrogen-bond donors (Lipinski definition) is 1. The van der Waals surface area contributed by atoms with Crippen LogP contribution in [-0.2, 0) is 0 Å². The lowest BCUT2D eigenvalue weighted by atomic mass is 10.3. The number of anilines is 1. The minimum absolute atomic E-state index is 0.304. The van der Waals surface area contributed by atoms with E-state index in [9.17, 15) is 13.2 Å². The number of halogens is 3. The lowest BCUT2D eigenvalue weighted by molar-refractivity contribution is -0.274. The molecular weight excluding hydrogens is 273 g/mol. The van der Waals surface area contributed by atoms with Crippen molar-refractivity contribution in [3.05, 3.63) is 42.5 Å². The van der Waals surface area contributed by atoms with Crippen LogP contribution in [-0.4, -0.2) is 18.4 Å². The molecule has 1 aromatic heterocycles. The lowest BCUT2D eigenvalue weighted by Crippen LogP contribution is -2.16. The maximum atomic E-state index is 12.0. The van der Waals surface area contributed by atoms with Crippen LogP contribution < -0.4 is 14.8 Å². The van der Waals surface area contributed by atoms with E-state index in [0.29, 0.717) is 17.4 Å². The second-order valence-electron chi connectivity index (χ2n) is 3.73. The fourth-order valence-electron chi connectivity index (χ4n) is 1.44. The van der Waals surface area contributed by atoms with E-state index in [1.807, 2.05) is 0 Å². The number of hydrogen-bond acceptors (Lipinski definition) is 4. The Kier molecular flexibility index (Phi) is 3.97. The van der Waals surface area contributed by atoms with Gasteiger partial charge in [0.25, 0.3) is 0 Å². The first-order valence-electron chi connectivity index (χ1n) is 5.65. The van der Waals surface area contributed by atoms with Crippen LogP contribution in [0.2, 0.25) is 0 Å². The van der Waals surface area contributed by atoms with E-state index in [1.165, 1.54) is 24.3 Å². The molecule has 7 heteroatoms. The quantitative estimate of drug-likeness (QED) is 0.927. The first-order valence-corrected chi connectivity index (χ1v) is 5.65. The number of nitrogens with one attached hydrogen (secondary N) is 1. The number of alkyl halides is 3. The van der Waals surface area contributed by atoms with Gasteiger partial charge in [0.15, 0.2) is 0 Å². The zero-order valence-electron chi connectivity index (χ0n) is 10.4. The number of nitrogens with zero attached hydrogens (tertiary/aromatic N) is 1. The van der Waals surface area contributed by atoms with Crippen LogP contribution in [0.1, 0.15) is 0 Å². The molecule has 1 N–H and O–H groups in total. The summed E-state index contributed by atoms with van der Waals surface area (Å²) in [5.74, 6) is 1.02. The summed E-state index contributed by atoms with van der Waals surface area (Å²) in [7, 11) is 1.72. The van der Waals surface area contributed by atoms with Crippen molar-refractivity contribution in [2.75, 3.05) is 12.4 Å². The molecule has 0 saturated carbocycles. The van der Waals surface area contributed by atoms with Gasteiger partial charge in [0, 0.05) is 13.1 Å². The van der Waals surface area contributed by atoms with Crippen molar-refractivity contribution in [1.29, 1.82) is 0 Å². The molecule has 2 aromatic rings. The van der Waals surface area contributed by atoms with Gasteiger partial charge < -0.3 is 14.8 Å². The second kappa shape index (κ2) is 5.68. The summed E-state index contributed by atoms with van der Waals surface area (Å²) in [5.41, 5.74) is 0. The Balaban J connectivity index is 2.06. The van der Waals surface area contributed by atoms with E-state index in [0.717, 1.165) is 0 Å². The number of ether oxygens (including phenoxy) is 2. The minimum atomic E-state index is -4.70. The summed E-state index contributed by atoms with van der Waals surface area (Å²) in [6, 6.07) is 10.2. The van der Waals surface area contributed by atoms with Crippen molar-refractivity contribution in [2.24, 2.45) is 0 Å².